The Kier molecular flexibility index (Phi) is 7.07. The van der Waals surface area contributed by atoms with Gasteiger partial charge in [0, 0.05) is 18.5 Å². The van der Waals surface area contributed by atoms with E-state index < -0.39 is 5.97 Å². The predicted octanol–water partition coefficient (Wildman–Crippen LogP) is 4.06. The van der Waals surface area contributed by atoms with E-state index in [4.69, 9.17) is 30.4 Å². The van der Waals surface area contributed by atoms with Gasteiger partial charge in [-0.25, -0.2) is 5.01 Å². The number of nitrogens with zero attached hydrogens (tertiary/aromatic N) is 4. The minimum absolute atomic E-state index is 0.0130. The maximum Gasteiger partial charge on any atom is 0.326 e. The van der Waals surface area contributed by atoms with Crippen molar-refractivity contribution in [3.8, 4) is 11.6 Å². The predicted molar refractivity (Wildman–Crippen MR) is 119 cm³/mol. The lowest BCUT2D eigenvalue weighted by Crippen LogP contribution is -2.46. The number of carbonyl (C=O) groups excluding carboxylic acids is 1. The lowest BCUT2D eigenvalue weighted by molar-refractivity contribution is -0.261. The van der Waals surface area contributed by atoms with Gasteiger partial charge >= 0.3 is 5.97 Å². The summed E-state index contributed by atoms with van der Waals surface area (Å²) in [7, 11) is 0. The fourth-order valence-corrected chi connectivity index (χ4v) is 4.05. The summed E-state index contributed by atoms with van der Waals surface area (Å²) in [4.78, 5) is 16.3. The van der Waals surface area contributed by atoms with Crippen LogP contribution in [0.25, 0.3) is 0 Å². The number of nitrogens with one attached hydrogen (secondary N) is 1. The van der Waals surface area contributed by atoms with Gasteiger partial charge in [-0.2, -0.15) is 5.53 Å². The quantitative estimate of drug-likeness (QED) is 0.570. The van der Waals surface area contributed by atoms with E-state index in [2.05, 4.69) is 31.7 Å². The van der Waals surface area contributed by atoms with Crippen LogP contribution in [0.4, 0.5) is 0 Å². The van der Waals surface area contributed by atoms with Crippen LogP contribution in [0.15, 0.2) is 38.4 Å². The third kappa shape index (κ3) is 5.28. The Balaban J connectivity index is 1.30. The number of carbonyl (C=O) groups is 1. The summed E-state index contributed by atoms with van der Waals surface area (Å²) < 4.78 is 18.4. The first-order chi connectivity index (χ1) is 15.4. The van der Waals surface area contributed by atoms with Gasteiger partial charge in [0.15, 0.2) is 0 Å². The smallest absolute Gasteiger partial charge is 0.326 e. The SMILES string of the molecule is CCN1C(c2cc(OC3CCC(Oc4cc(Cl)ccc4Br)CC3)no2)=NNN1OC(C)=O. The molecular weight excluding hydrogens is 506 g/mol. The van der Waals surface area contributed by atoms with Crippen LogP contribution < -0.4 is 15.0 Å². The van der Waals surface area contributed by atoms with Gasteiger partial charge in [0.1, 0.15) is 11.9 Å². The van der Waals surface area contributed by atoms with E-state index in [1.54, 1.807) is 11.1 Å². The number of amidine groups is 1. The third-order valence-corrected chi connectivity index (χ3v) is 5.91. The van der Waals surface area contributed by atoms with Crippen LogP contribution in [0.1, 0.15) is 45.3 Å². The third-order valence-electron chi connectivity index (χ3n) is 5.02. The number of hydrazone groups is 1. The van der Waals surface area contributed by atoms with Gasteiger partial charge in [-0.1, -0.05) is 11.6 Å². The Hall–Kier alpha value is -2.50. The summed E-state index contributed by atoms with van der Waals surface area (Å²) >= 11 is 9.56. The minimum Gasteiger partial charge on any atom is -0.489 e. The first-order valence-electron chi connectivity index (χ1n) is 10.3. The van der Waals surface area contributed by atoms with E-state index in [1.165, 1.54) is 6.92 Å². The first kappa shape index (κ1) is 22.7. The molecule has 0 atom stereocenters. The summed E-state index contributed by atoms with van der Waals surface area (Å²) in [5.41, 5.74) is 2.61. The van der Waals surface area contributed by atoms with Crippen molar-refractivity contribution in [1.82, 2.24) is 21.0 Å². The van der Waals surface area contributed by atoms with E-state index in [-0.39, 0.29) is 12.2 Å². The van der Waals surface area contributed by atoms with Gasteiger partial charge in [-0.3, -0.25) is 4.79 Å². The zero-order valence-corrected chi connectivity index (χ0v) is 19.9. The van der Waals surface area contributed by atoms with Crippen LogP contribution in [0, 0.1) is 0 Å². The van der Waals surface area contributed by atoms with Crippen LogP contribution in [0.2, 0.25) is 5.02 Å². The lowest BCUT2D eigenvalue weighted by Gasteiger charge is -2.29. The molecule has 0 amide bonds. The number of halogens is 2. The van der Waals surface area contributed by atoms with Crippen LogP contribution in [-0.4, -0.2) is 46.0 Å². The number of aromatic nitrogens is 1. The maximum atomic E-state index is 11.2. The second kappa shape index (κ2) is 9.97. The number of hydrogen-bond acceptors (Lipinski definition) is 10. The minimum atomic E-state index is -0.476. The molecule has 10 nitrogen and oxygen atoms in total. The fraction of sp³-hybridized carbons (Fsp3) is 0.450. The molecule has 172 valence electrons. The Morgan fingerprint density at radius 2 is 1.97 bits per heavy atom. The van der Waals surface area contributed by atoms with Crippen molar-refractivity contribution in [3.63, 3.8) is 0 Å². The molecule has 1 aliphatic carbocycles. The highest BCUT2D eigenvalue weighted by atomic mass is 79.9. The molecule has 0 saturated heterocycles. The van der Waals surface area contributed by atoms with E-state index >= 15 is 0 Å². The van der Waals surface area contributed by atoms with Gasteiger partial charge in [0.25, 0.3) is 5.88 Å². The molecule has 32 heavy (non-hydrogen) atoms. The van der Waals surface area contributed by atoms with Crippen LogP contribution in [0.5, 0.6) is 11.6 Å². The highest BCUT2D eigenvalue weighted by molar-refractivity contribution is 9.10. The van der Waals surface area contributed by atoms with Crippen molar-refractivity contribution in [2.24, 2.45) is 5.10 Å². The average molecular weight is 529 g/mol. The van der Waals surface area contributed by atoms with Gasteiger partial charge < -0.3 is 18.8 Å². The summed E-state index contributed by atoms with van der Waals surface area (Å²) in [6, 6.07) is 7.18. The Morgan fingerprint density at radius 1 is 1.25 bits per heavy atom. The number of rotatable bonds is 7. The molecule has 1 aliphatic heterocycles. The number of benzene rings is 1. The van der Waals surface area contributed by atoms with Crippen LogP contribution >= 0.6 is 27.5 Å². The van der Waals surface area contributed by atoms with Gasteiger partial charge in [0.05, 0.1) is 21.9 Å². The second-order valence-electron chi connectivity index (χ2n) is 7.35. The van der Waals surface area contributed by atoms with E-state index in [0.717, 1.165) is 41.2 Å². The number of hydrogen-bond donors (Lipinski definition) is 1. The fourth-order valence-electron chi connectivity index (χ4n) is 3.55. The van der Waals surface area contributed by atoms with Crippen molar-refractivity contribution in [3.05, 3.63) is 39.5 Å². The molecule has 1 N–H and O–H groups in total. The lowest BCUT2D eigenvalue weighted by atomic mass is 9.95. The second-order valence-corrected chi connectivity index (χ2v) is 8.64. The van der Waals surface area contributed by atoms with E-state index in [9.17, 15) is 4.79 Å². The van der Waals surface area contributed by atoms with Crippen molar-refractivity contribution < 1.29 is 23.6 Å². The van der Waals surface area contributed by atoms with Crippen LogP contribution in [0.3, 0.4) is 0 Å². The Labute approximate surface area is 198 Å². The summed E-state index contributed by atoms with van der Waals surface area (Å²) in [5, 5.41) is 11.5. The Morgan fingerprint density at radius 3 is 2.66 bits per heavy atom. The normalized spacial score (nSPS) is 21.1. The van der Waals surface area contributed by atoms with Crippen molar-refractivity contribution in [2.45, 2.75) is 51.7 Å². The molecule has 0 spiro atoms. The molecule has 2 aliphatic rings. The van der Waals surface area contributed by atoms with Crippen LogP contribution in [-0.2, 0) is 9.63 Å². The largest absolute Gasteiger partial charge is 0.489 e. The molecule has 1 aromatic carbocycles. The molecule has 12 heteroatoms. The summed E-state index contributed by atoms with van der Waals surface area (Å²) in [6.07, 6.45) is 3.47. The Bertz CT molecular complexity index is 995. The topological polar surface area (TPSA) is 102 Å². The molecule has 2 aromatic rings. The number of hydrazine groups is 2. The molecule has 0 bridgehead atoms. The first-order valence-corrected chi connectivity index (χ1v) is 11.4. The van der Waals surface area contributed by atoms with Gasteiger partial charge in [-0.05, 0) is 71.9 Å². The zero-order chi connectivity index (χ0) is 22.7. The number of ether oxygens (including phenoxy) is 2. The highest BCUT2D eigenvalue weighted by Gasteiger charge is 2.32. The van der Waals surface area contributed by atoms with E-state index in [1.807, 2.05) is 25.1 Å². The molecule has 2 heterocycles. The van der Waals surface area contributed by atoms with Crippen molar-refractivity contribution in [2.75, 3.05) is 6.54 Å². The zero-order valence-electron chi connectivity index (χ0n) is 17.6. The molecule has 1 saturated carbocycles. The summed E-state index contributed by atoms with van der Waals surface area (Å²) in [5.74, 6) is 1.48. The molecule has 1 fully saturated rings. The van der Waals surface area contributed by atoms with Gasteiger partial charge in [-0.15, -0.1) is 5.10 Å². The monoisotopic (exact) mass is 527 g/mol. The maximum absolute atomic E-state index is 11.2. The molecule has 0 radical (unpaired) electrons. The highest BCUT2D eigenvalue weighted by Crippen LogP contribution is 2.32. The molecular formula is C20H23BrClN5O5. The molecule has 1 aromatic heterocycles. The molecule has 0 unspecified atom stereocenters. The van der Waals surface area contributed by atoms with Crippen molar-refractivity contribution >= 4 is 39.3 Å². The van der Waals surface area contributed by atoms with Gasteiger partial charge in [0.2, 0.25) is 11.6 Å². The standard InChI is InChI=1S/C20H23BrClN5O5/c1-3-26-20(23-25-27(26)32-12(2)28)18-11-19(24-31-18)30-15-7-5-14(6-8-15)29-17-10-13(22)4-9-16(17)21/h4,9-11,14-15,25H,3,5-8H2,1-2H3. The molecule has 4 rings (SSSR count). The van der Waals surface area contributed by atoms with Crippen molar-refractivity contribution in [1.29, 1.82) is 0 Å². The summed E-state index contributed by atoms with van der Waals surface area (Å²) in [6.45, 7) is 3.68. The average Bonchev–Trinajstić information content (AvgIpc) is 3.38. The van der Waals surface area contributed by atoms with E-state index in [0.29, 0.717) is 29.0 Å².